The summed E-state index contributed by atoms with van der Waals surface area (Å²) >= 11 is 0. The van der Waals surface area contributed by atoms with Gasteiger partial charge in [0.25, 0.3) is 11.4 Å². The van der Waals surface area contributed by atoms with Crippen LogP contribution in [0.4, 0.5) is 17.1 Å². The lowest BCUT2D eigenvalue weighted by molar-refractivity contribution is -0.385. The second-order valence-corrected chi connectivity index (χ2v) is 4.84. The number of fused-ring (bicyclic) bond motifs is 1. The highest BCUT2D eigenvalue weighted by molar-refractivity contribution is 5.75. The van der Waals surface area contributed by atoms with Crippen molar-refractivity contribution in [2.24, 2.45) is 0 Å². The van der Waals surface area contributed by atoms with Gasteiger partial charge in [-0.1, -0.05) is 0 Å². The third kappa shape index (κ3) is 2.79. The maximum atomic E-state index is 11.9. The summed E-state index contributed by atoms with van der Waals surface area (Å²) in [7, 11) is 0. The van der Waals surface area contributed by atoms with Crippen molar-refractivity contribution in [3.05, 3.63) is 73.2 Å². The molecule has 10 nitrogen and oxygen atoms in total. The molecule has 0 saturated heterocycles. The zero-order chi connectivity index (χ0) is 17.3. The average Bonchev–Trinajstić information content (AvgIpc) is 2.87. The number of nitro groups is 2. The minimum Gasteiger partial charge on any atom is -0.407 e. The third-order valence-electron chi connectivity index (χ3n) is 3.38. The summed E-state index contributed by atoms with van der Waals surface area (Å²) in [6, 6.07) is 9.57. The van der Waals surface area contributed by atoms with Gasteiger partial charge < -0.3 is 9.73 Å². The lowest BCUT2D eigenvalue weighted by Gasteiger charge is -2.06. The molecule has 3 aromatic rings. The monoisotopic (exact) mass is 330 g/mol. The van der Waals surface area contributed by atoms with Crippen molar-refractivity contribution < 1.29 is 14.3 Å². The molecular formula is C14H10N4O6. The van der Waals surface area contributed by atoms with Crippen LogP contribution in [0, 0.1) is 20.2 Å². The minimum absolute atomic E-state index is 0.0428. The Bertz CT molecular complexity index is 989. The molecule has 0 saturated carbocycles. The zero-order valence-corrected chi connectivity index (χ0v) is 12.0. The number of oxazole rings is 1. The Kier molecular flexibility index (Phi) is 3.70. The van der Waals surface area contributed by atoms with Crippen molar-refractivity contribution >= 4 is 28.2 Å². The molecule has 0 spiro atoms. The second kappa shape index (κ2) is 5.83. The summed E-state index contributed by atoms with van der Waals surface area (Å²) in [5.41, 5.74) is 0.869. The van der Waals surface area contributed by atoms with Crippen molar-refractivity contribution in [3.63, 3.8) is 0 Å². The van der Waals surface area contributed by atoms with E-state index in [-0.39, 0.29) is 23.6 Å². The number of aromatic nitrogens is 1. The summed E-state index contributed by atoms with van der Waals surface area (Å²) in [5.74, 6) is -0.667. The van der Waals surface area contributed by atoms with Crippen molar-refractivity contribution in [1.82, 2.24) is 4.57 Å². The van der Waals surface area contributed by atoms with Crippen LogP contribution in [0.25, 0.3) is 11.1 Å². The van der Waals surface area contributed by atoms with Gasteiger partial charge in [-0.3, -0.25) is 24.8 Å². The van der Waals surface area contributed by atoms with E-state index in [4.69, 9.17) is 4.42 Å². The molecule has 0 fully saturated rings. The molecule has 0 amide bonds. The van der Waals surface area contributed by atoms with E-state index >= 15 is 0 Å². The Balaban J connectivity index is 1.84. The lowest BCUT2D eigenvalue weighted by atomic mass is 10.3. The van der Waals surface area contributed by atoms with E-state index < -0.39 is 15.6 Å². The van der Waals surface area contributed by atoms with Crippen LogP contribution in [0.3, 0.4) is 0 Å². The second-order valence-electron chi connectivity index (χ2n) is 4.84. The highest BCUT2D eigenvalue weighted by Gasteiger charge is 2.14. The van der Waals surface area contributed by atoms with E-state index in [1.165, 1.54) is 47.0 Å². The fourth-order valence-electron chi connectivity index (χ4n) is 2.19. The molecule has 0 unspecified atom stereocenters. The van der Waals surface area contributed by atoms with E-state index in [2.05, 4.69) is 5.32 Å². The van der Waals surface area contributed by atoms with E-state index in [1.54, 1.807) is 0 Å². The quantitative estimate of drug-likeness (QED) is 0.561. The Labute approximate surface area is 133 Å². The molecule has 2 aromatic carbocycles. The number of nitro benzene ring substituents is 2. The van der Waals surface area contributed by atoms with Crippen LogP contribution >= 0.6 is 0 Å². The van der Waals surface area contributed by atoms with Gasteiger partial charge in [0.2, 0.25) is 0 Å². The number of nitrogens with zero attached hydrogens (tertiary/aromatic N) is 3. The van der Waals surface area contributed by atoms with Crippen molar-refractivity contribution in [1.29, 1.82) is 0 Å². The standard InChI is InChI=1S/C14H10N4O6/c19-14-16(8-15-9-1-3-10(4-2-9)17(20)21)12-6-5-11(18(22)23)7-13(12)24-14/h1-7,15H,8H2. The molecule has 0 atom stereocenters. The Morgan fingerprint density at radius 2 is 1.62 bits per heavy atom. The van der Waals surface area contributed by atoms with Gasteiger partial charge in [0.15, 0.2) is 5.58 Å². The molecule has 0 aliphatic rings. The number of anilines is 1. The van der Waals surface area contributed by atoms with Crippen molar-refractivity contribution in [3.8, 4) is 0 Å². The van der Waals surface area contributed by atoms with Gasteiger partial charge in [0.1, 0.15) is 0 Å². The van der Waals surface area contributed by atoms with Crippen LogP contribution in [0.5, 0.6) is 0 Å². The summed E-state index contributed by atoms with van der Waals surface area (Å²) in [6.45, 7) is 0.0431. The van der Waals surface area contributed by atoms with Gasteiger partial charge in [-0.2, -0.15) is 0 Å². The number of hydrogen-bond donors (Lipinski definition) is 1. The lowest BCUT2D eigenvalue weighted by Crippen LogP contribution is -2.19. The van der Waals surface area contributed by atoms with Crippen LogP contribution < -0.4 is 11.1 Å². The molecule has 10 heteroatoms. The van der Waals surface area contributed by atoms with Crippen LogP contribution in [0.2, 0.25) is 0 Å². The minimum atomic E-state index is -0.667. The van der Waals surface area contributed by atoms with Gasteiger partial charge >= 0.3 is 5.76 Å². The first-order chi connectivity index (χ1) is 11.5. The fourth-order valence-corrected chi connectivity index (χ4v) is 2.19. The first-order valence-corrected chi connectivity index (χ1v) is 6.72. The van der Waals surface area contributed by atoms with Crippen molar-refractivity contribution in [2.75, 3.05) is 5.32 Å². The number of benzene rings is 2. The maximum Gasteiger partial charge on any atom is 0.421 e. The summed E-state index contributed by atoms with van der Waals surface area (Å²) < 4.78 is 6.27. The first-order valence-electron chi connectivity index (χ1n) is 6.72. The van der Waals surface area contributed by atoms with Gasteiger partial charge in [0.05, 0.1) is 28.1 Å². The molecule has 3 rings (SSSR count). The Morgan fingerprint density at radius 3 is 2.25 bits per heavy atom. The van der Waals surface area contributed by atoms with E-state index in [1.807, 2.05) is 0 Å². The normalized spacial score (nSPS) is 10.7. The molecule has 1 N–H and O–H groups in total. The summed E-state index contributed by atoms with van der Waals surface area (Å²) in [6.07, 6.45) is 0. The number of nitrogens with one attached hydrogen (secondary N) is 1. The van der Waals surface area contributed by atoms with Gasteiger partial charge in [-0.15, -0.1) is 0 Å². The highest BCUT2D eigenvalue weighted by atomic mass is 16.6. The SMILES string of the molecule is O=c1oc2cc([N+](=O)[O-])ccc2n1CNc1ccc([N+](=O)[O-])cc1. The number of hydrogen-bond acceptors (Lipinski definition) is 7. The molecule has 24 heavy (non-hydrogen) atoms. The molecule has 122 valence electrons. The number of rotatable bonds is 5. The van der Waals surface area contributed by atoms with Crippen LogP contribution in [-0.2, 0) is 6.67 Å². The average molecular weight is 330 g/mol. The van der Waals surface area contributed by atoms with Crippen LogP contribution in [-0.4, -0.2) is 14.4 Å². The predicted molar refractivity (Wildman–Crippen MR) is 83.8 cm³/mol. The molecule has 0 aliphatic heterocycles. The summed E-state index contributed by atoms with van der Waals surface area (Å²) in [4.78, 5) is 32.1. The third-order valence-corrected chi connectivity index (χ3v) is 3.38. The maximum absolute atomic E-state index is 11.9. The van der Waals surface area contributed by atoms with E-state index in [0.29, 0.717) is 11.2 Å². The van der Waals surface area contributed by atoms with Crippen LogP contribution in [0.1, 0.15) is 0 Å². The van der Waals surface area contributed by atoms with Crippen LogP contribution in [0.15, 0.2) is 51.7 Å². The fraction of sp³-hybridized carbons (Fsp3) is 0.0714. The molecular weight excluding hydrogens is 320 g/mol. The Hall–Kier alpha value is -3.69. The summed E-state index contributed by atoms with van der Waals surface area (Å²) in [5, 5.41) is 24.3. The van der Waals surface area contributed by atoms with E-state index in [9.17, 15) is 25.0 Å². The number of non-ortho nitro benzene ring substituents is 2. The van der Waals surface area contributed by atoms with Gasteiger partial charge in [-0.25, -0.2) is 4.79 Å². The molecule has 0 aliphatic carbocycles. The largest absolute Gasteiger partial charge is 0.421 e. The first kappa shape index (κ1) is 15.2. The molecule has 0 bridgehead atoms. The van der Waals surface area contributed by atoms with Crippen molar-refractivity contribution in [2.45, 2.75) is 6.67 Å². The Morgan fingerprint density at radius 1 is 1.00 bits per heavy atom. The smallest absolute Gasteiger partial charge is 0.407 e. The van der Waals surface area contributed by atoms with Gasteiger partial charge in [-0.05, 0) is 18.2 Å². The zero-order valence-electron chi connectivity index (χ0n) is 12.0. The highest BCUT2D eigenvalue weighted by Crippen LogP contribution is 2.20. The molecule has 1 aromatic heterocycles. The molecule has 1 heterocycles. The topological polar surface area (TPSA) is 133 Å². The predicted octanol–water partition coefficient (Wildman–Crippen LogP) is 2.48. The molecule has 0 radical (unpaired) electrons. The van der Waals surface area contributed by atoms with Gasteiger partial charge in [0, 0.05) is 23.9 Å². The van der Waals surface area contributed by atoms with E-state index in [0.717, 1.165) is 0 Å².